The number of hydrogen-bond acceptors (Lipinski definition) is 6. The Morgan fingerprint density at radius 3 is 2.26 bits per heavy atom. The largest absolute Gasteiger partial charge is 0.508 e. The molecule has 2 N–H and O–H groups in total. The zero-order valence-electron chi connectivity index (χ0n) is 19.5. The highest BCUT2D eigenvalue weighted by Crippen LogP contribution is 2.42. The summed E-state index contributed by atoms with van der Waals surface area (Å²) in [5.74, 6) is -1.25. The molecule has 1 saturated heterocycles. The van der Waals surface area contributed by atoms with Crippen molar-refractivity contribution < 1.29 is 24.5 Å². The van der Waals surface area contributed by atoms with Gasteiger partial charge in [-0.3, -0.25) is 14.5 Å². The normalized spacial score (nSPS) is 17.0. The number of nitrogens with zero attached hydrogens (tertiary/aromatic N) is 2. The average Bonchev–Trinajstić information content (AvgIpc) is 3.10. The van der Waals surface area contributed by atoms with Crippen LogP contribution >= 0.6 is 0 Å². The maximum absolute atomic E-state index is 13.2. The van der Waals surface area contributed by atoms with Crippen molar-refractivity contribution in [3.05, 3.63) is 94.6 Å². The molecule has 1 aliphatic rings. The minimum absolute atomic E-state index is 0.0274. The summed E-state index contributed by atoms with van der Waals surface area (Å²) >= 11 is 0. The first kappa shape index (κ1) is 23.6. The van der Waals surface area contributed by atoms with Gasteiger partial charge in [0.05, 0.1) is 29.4 Å². The molecule has 3 aromatic carbocycles. The van der Waals surface area contributed by atoms with E-state index in [9.17, 15) is 19.8 Å². The lowest BCUT2D eigenvalue weighted by molar-refractivity contribution is -0.132. The number of aliphatic hydroxyl groups is 1. The van der Waals surface area contributed by atoms with Crippen molar-refractivity contribution in [3.8, 4) is 17.6 Å². The van der Waals surface area contributed by atoms with Crippen LogP contribution in [0.15, 0.2) is 72.3 Å². The van der Waals surface area contributed by atoms with Crippen LogP contribution in [-0.4, -0.2) is 28.0 Å². The zero-order chi connectivity index (χ0) is 25.3. The maximum Gasteiger partial charge on any atom is 0.300 e. The Morgan fingerprint density at radius 2 is 1.69 bits per heavy atom. The molecule has 1 heterocycles. The van der Waals surface area contributed by atoms with Crippen molar-refractivity contribution in [2.45, 2.75) is 32.9 Å². The van der Waals surface area contributed by atoms with E-state index >= 15 is 0 Å². The highest BCUT2D eigenvalue weighted by molar-refractivity contribution is 6.51. The van der Waals surface area contributed by atoms with Crippen LogP contribution in [0.3, 0.4) is 0 Å². The van der Waals surface area contributed by atoms with E-state index in [4.69, 9.17) is 10.00 Å². The van der Waals surface area contributed by atoms with E-state index in [-0.39, 0.29) is 23.2 Å². The van der Waals surface area contributed by atoms with Gasteiger partial charge in [-0.2, -0.15) is 5.26 Å². The number of aryl methyl sites for hydroxylation is 1. The molecule has 1 atom stereocenters. The van der Waals surface area contributed by atoms with Gasteiger partial charge in [0.2, 0.25) is 0 Å². The molecule has 0 aromatic heterocycles. The monoisotopic (exact) mass is 468 g/mol. The number of phenolic OH excluding ortho intramolecular Hbond substituents is 1. The van der Waals surface area contributed by atoms with Gasteiger partial charge in [0, 0.05) is 11.3 Å². The lowest BCUT2D eigenvalue weighted by Crippen LogP contribution is -2.29. The number of carbonyl (C=O) groups excluding carboxylic acids is 2. The zero-order valence-corrected chi connectivity index (χ0v) is 19.5. The number of amides is 1. The Labute approximate surface area is 203 Å². The summed E-state index contributed by atoms with van der Waals surface area (Å²) in [4.78, 5) is 27.7. The lowest BCUT2D eigenvalue weighted by Gasteiger charge is -2.25. The number of ether oxygens (including phenoxy) is 1. The molecule has 0 aliphatic carbocycles. The number of rotatable bonds is 5. The predicted octanol–water partition coefficient (Wildman–Crippen LogP) is 4.99. The number of aliphatic hydroxyl groups excluding tert-OH is 1. The molecule has 0 radical (unpaired) electrons. The van der Waals surface area contributed by atoms with E-state index in [2.05, 4.69) is 0 Å². The minimum atomic E-state index is -0.935. The minimum Gasteiger partial charge on any atom is -0.508 e. The molecule has 1 fully saturated rings. The Balaban J connectivity index is 1.88. The molecule has 4 rings (SSSR count). The Morgan fingerprint density at radius 1 is 1.03 bits per heavy atom. The molecule has 1 amide bonds. The Hall–Kier alpha value is -4.57. The third-order valence-electron chi connectivity index (χ3n) is 5.74. The highest BCUT2D eigenvalue weighted by Gasteiger charge is 2.47. The van der Waals surface area contributed by atoms with Crippen molar-refractivity contribution in [2.24, 2.45) is 0 Å². The fourth-order valence-electron chi connectivity index (χ4n) is 4.11. The molecule has 0 saturated carbocycles. The van der Waals surface area contributed by atoms with Crippen LogP contribution in [0.5, 0.6) is 11.5 Å². The van der Waals surface area contributed by atoms with Gasteiger partial charge in [-0.1, -0.05) is 12.1 Å². The number of benzene rings is 3. The number of anilines is 1. The van der Waals surface area contributed by atoms with Crippen molar-refractivity contribution in [1.82, 2.24) is 0 Å². The number of aromatic hydroxyl groups is 1. The van der Waals surface area contributed by atoms with E-state index < -0.39 is 17.7 Å². The van der Waals surface area contributed by atoms with E-state index in [0.29, 0.717) is 28.1 Å². The Kier molecular flexibility index (Phi) is 6.30. The van der Waals surface area contributed by atoms with Crippen molar-refractivity contribution in [3.63, 3.8) is 0 Å². The average molecular weight is 469 g/mol. The first-order chi connectivity index (χ1) is 16.7. The quantitative estimate of drug-likeness (QED) is 0.310. The topological polar surface area (TPSA) is 111 Å². The summed E-state index contributed by atoms with van der Waals surface area (Å²) in [6.07, 6.45) is -0.0274. The van der Waals surface area contributed by atoms with Crippen LogP contribution in [0.1, 0.15) is 42.1 Å². The second-order valence-corrected chi connectivity index (χ2v) is 8.57. The van der Waals surface area contributed by atoms with Gasteiger partial charge in [-0.15, -0.1) is 0 Å². The highest BCUT2D eigenvalue weighted by atomic mass is 16.5. The number of nitriles is 1. The standard InChI is InChI=1S/C28H24N2O5/c1-16(2)35-23-13-8-20(14-17(23)3)26(32)24-25(19-6-11-22(31)12-7-19)30(28(34)27(24)33)21-9-4-18(15-29)5-10-21/h4-14,16,25,31-32H,1-3H3/b26-24-. The van der Waals surface area contributed by atoms with Gasteiger partial charge in [0.1, 0.15) is 17.3 Å². The molecule has 1 unspecified atom stereocenters. The summed E-state index contributed by atoms with van der Waals surface area (Å²) in [6.45, 7) is 5.66. The lowest BCUT2D eigenvalue weighted by atomic mass is 9.94. The van der Waals surface area contributed by atoms with Crippen LogP contribution in [0, 0.1) is 18.3 Å². The summed E-state index contributed by atoms with van der Waals surface area (Å²) < 4.78 is 5.77. The van der Waals surface area contributed by atoms with Gasteiger partial charge in [0.25, 0.3) is 11.7 Å². The van der Waals surface area contributed by atoms with Crippen molar-refractivity contribution in [2.75, 3.05) is 4.90 Å². The first-order valence-electron chi connectivity index (χ1n) is 11.1. The Bertz CT molecular complexity index is 1370. The fourth-order valence-corrected chi connectivity index (χ4v) is 4.11. The molecule has 7 nitrogen and oxygen atoms in total. The van der Waals surface area contributed by atoms with E-state index in [1.54, 1.807) is 54.6 Å². The van der Waals surface area contributed by atoms with Gasteiger partial charge < -0.3 is 14.9 Å². The van der Waals surface area contributed by atoms with E-state index in [0.717, 1.165) is 5.56 Å². The van der Waals surface area contributed by atoms with Gasteiger partial charge in [-0.25, -0.2) is 0 Å². The summed E-state index contributed by atoms with van der Waals surface area (Å²) in [5, 5.41) is 30.2. The third-order valence-corrected chi connectivity index (χ3v) is 5.74. The van der Waals surface area contributed by atoms with E-state index in [1.165, 1.54) is 17.0 Å². The molecule has 35 heavy (non-hydrogen) atoms. The van der Waals surface area contributed by atoms with Crippen molar-refractivity contribution >= 4 is 23.1 Å². The number of phenols is 1. The first-order valence-corrected chi connectivity index (χ1v) is 11.1. The number of hydrogen-bond donors (Lipinski definition) is 2. The molecule has 7 heteroatoms. The predicted molar refractivity (Wildman–Crippen MR) is 131 cm³/mol. The third kappa shape index (κ3) is 4.46. The smallest absolute Gasteiger partial charge is 0.300 e. The number of Topliss-reactive ketones (excluding diaryl/α,β-unsaturated/α-hetero) is 1. The molecular weight excluding hydrogens is 444 g/mol. The van der Waals surface area contributed by atoms with Gasteiger partial charge >= 0.3 is 0 Å². The molecule has 176 valence electrons. The molecule has 0 spiro atoms. The van der Waals surface area contributed by atoms with Crippen molar-refractivity contribution in [1.29, 1.82) is 5.26 Å². The fraction of sp³-hybridized carbons (Fsp3) is 0.179. The molecular formula is C28H24N2O5. The second-order valence-electron chi connectivity index (χ2n) is 8.57. The van der Waals surface area contributed by atoms with Gasteiger partial charge in [0.15, 0.2) is 0 Å². The van der Waals surface area contributed by atoms with Crippen LogP contribution in [-0.2, 0) is 9.59 Å². The number of carbonyl (C=O) groups is 2. The molecule has 0 bridgehead atoms. The SMILES string of the molecule is Cc1cc(/C(O)=C2/C(=O)C(=O)N(c3ccc(C#N)cc3)C2c2ccc(O)cc2)ccc1OC(C)C. The van der Waals surface area contributed by atoms with Crippen LogP contribution < -0.4 is 9.64 Å². The molecule has 1 aliphatic heterocycles. The van der Waals surface area contributed by atoms with E-state index in [1.807, 2.05) is 26.8 Å². The number of ketones is 1. The van der Waals surface area contributed by atoms with Crippen LogP contribution in [0.25, 0.3) is 5.76 Å². The van der Waals surface area contributed by atoms with Gasteiger partial charge in [-0.05, 0) is 86.5 Å². The van der Waals surface area contributed by atoms with Crippen LogP contribution in [0.2, 0.25) is 0 Å². The summed E-state index contributed by atoms with van der Waals surface area (Å²) in [7, 11) is 0. The summed E-state index contributed by atoms with van der Waals surface area (Å²) in [5.41, 5.74) is 2.42. The second kappa shape index (κ2) is 9.35. The maximum atomic E-state index is 13.2. The van der Waals surface area contributed by atoms with Crippen LogP contribution in [0.4, 0.5) is 5.69 Å². The summed E-state index contributed by atoms with van der Waals surface area (Å²) in [6, 6.07) is 18.5. The molecule has 3 aromatic rings.